The first-order chi connectivity index (χ1) is 4.54. The van der Waals surface area contributed by atoms with Crippen molar-refractivity contribution in [3.05, 3.63) is 0 Å². The van der Waals surface area contributed by atoms with Gasteiger partial charge < -0.3 is 5.73 Å². The van der Waals surface area contributed by atoms with Gasteiger partial charge in [-0.25, -0.2) is 0 Å². The summed E-state index contributed by atoms with van der Waals surface area (Å²) in [6.45, 7) is 3.41. The van der Waals surface area contributed by atoms with Crippen molar-refractivity contribution in [3.63, 3.8) is 0 Å². The molecule has 0 aliphatic rings. The van der Waals surface area contributed by atoms with Crippen molar-refractivity contribution in [1.29, 1.82) is 0 Å². The molecule has 0 saturated carbocycles. The predicted octanol–water partition coefficient (Wildman–Crippen LogP) is 0.955. The van der Waals surface area contributed by atoms with Crippen LogP contribution >= 0.6 is 7.80 Å². The largest absolute Gasteiger partial charge is 0.369 e. The van der Waals surface area contributed by atoms with Gasteiger partial charge in [0.25, 0.3) is 0 Å². The number of hydrogen-bond acceptors (Lipinski definition) is 2. The van der Waals surface area contributed by atoms with Crippen molar-refractivity contribution in [2.75, 3.05) is 12.8 Å². The third kappa shape index (κ3) is 4.45. The molecule has 0 spiro atoms. The van der Waals surface area contributed by atoms with Gasteiger partial charge in [-0.05, 0) is 0 Å². The van der Waals surface area contributed by atoms with Gasteiger partial charge in [0.15, 0.2) is 0 Å². The summed E-state index contributed by atoms with van der Waals surface area (Å²) in [7, 11) is -1.12. The van der Waals surface area contributed by atoms with E-state index >= 15 is 0 Å². The lowest BCUT2D eigenvalue weighted by atomic mass is 10.1. The van der Waals surface area contributed by atoms with Crippen molar-refractivity contribution >= 4 is 13.7 Å². The molecule has 0 bridgehead atoms. The van der Waals surface area contributed by atoms with Gasteiger partial charge in [0.1, 0.15) is 12.8 Å². The molecule has 0 aromatic heterocycles. The molecule has 2 N–H and O–H groups in total. The molecule has 0 saturated heterocycles. The molecule has 0 aromatic carbocycles. The van der Waals surface area contributed by atoms with Crippen LogP contribution in [0, 0.1) is 5.92 Å². The Morgan fingerprint density at radius 3 is 2.50 bits per heavy atom. The number of carbonyl (C=O) groups excluding carboxylic acids is 1. The third-order valence-corrected chi connectivity index (χ3v) is 2.25. The summed E-state index contributed by atoms with van der Waals surface area (Å²) in [4.78, 5) is 10.4. The van der Waals surface area contributed by atoms with E-state index in [-0.39, 0.29) is 11.8 Å². The molecule has 0 fully saturated rings. The van der Waals surface area contributed by atoms with Gasteiger partial charge in [-0.15, -0.1) is 0 Å². The second kappa shape index (κ2) is 4.40. The van der Waals surface area contributed by atoms with Crippen LogP contribution in [0.4, 0.5) is 0 Å². The molecule has 0 aliphatic carbocycles. The molecule has 0 radical (unpaired) electrons. The maximum absolute atomic E-state index is 10.6. The number of amides is 1. The molecule has 2 atom stereocenters. The van der Waals surface area contributed by atoms with E-state index in [1.165, 1.54) is 0 Å². The summed E-state index contributed by atoms with van der Waals surface area (Å²) in [5, 5.41) is 0. The van der Waals surface area contributed by atoms with Crippen molar-refractivity contribution in [3.8, 4) is 0 Å². The SMILES string of the molecule is CC(CC[P+](C)=O)C(N)=O. The van der Waals surface area contributed by atoms with Crippen molar-refractivity contribution in [2.45, 2.75) is 13.3 Å². The molecule has 0 aromatic rings. The van der Waals surface area contributed by atoms with Crippen LogP contribution in [-0.4, -0.2) is 18.7 Å². The molecule has 0 aliphatic heterocycles. The van der Waals surface area contributed by atoms with Crippen LogP contribution in [0.25, 0.3) is 0 Å². The minimum Gasteiger partial charge on any atom is -0.369 e. The first kappa shape index (κ1) is 9.57. The van der Waals surface area contributed by atoms with E-state index in [0.717, 1.165) is 0 Å². The highest BCUT2D eigenvalue weighted by molar-refractivity contribution is 7.43. The zero-order valence-electron chi connectivity index (χ0n) is 6.33. The fraction of sp³-hybridized carbons (Fsp3) is 0.833. The van der Waals surface area contributed by atoms with Crippen molar-refractivity contribution < 1.29 is 9.36 Å². The maximum Gasteiger partial charge on any atom is 0.335 e. The standard InChI is InChI=1S/C6H12NO2P/c1-5(6(7)8)3-4-10(2)9/h5H,3-4H2,1-2H3,(H-,7,8)/p+1. The van der Waals surface area contributed by atoms with Crippen molar-refractivity contribution in [2.24, 2.45) is 11.7 Å². The number of nitrogens with two attached hydrogens (primary N) is 1. The van der Waals surface area contributed by atoms with E-state index in [0.29, 0.717) is 12.6 Å². The quantitative estimate of drug-likeness (QED) is 0.625. The highest BCUT2D eigenvalue weighted by atomic mass is 31.1. The first-order valence-electron chi connectivity index (χ1n) is 3.21. The zero-order valence-corrected chi connectivity index (χ0v) is 7.23. The van der Waals surface area contributed by atoms with Crippen LogP contribution in [-0.2, 0) is 9.36 Å². The van der Waals surface area contributed by atoms with E-state index in [1.807, 2.05) is 0 Å². The molecule has 2 unspecified atom stereocenters. The van der Waals surface area contributed by atoms with E-state index in [9.17, 15) is 9.36 Å². The lowest BCUT2D eigenvalue weighted by molar-refractivity contribution is -0.121. The minimum atomic E-state index is -1.12. The van der Waals surface area contributed by atoms with Crippen LogP contribution in [0.2, 0.25) is 0 Å². The van der Waals surface area contributed by atoms with Gasteiger partial charge in [0, 0.05) is 12.3 Å². The van der Waals surface area contributed by atoms with Gasteiger partial charge in [0.2, 0.25) is 5.91 Å². The van der Waals surface area contributed by atoms with E-state index in [1.54, 1.807) is 13.6 Å². The van der Waals surface area contributed by atoms with Crippen molar-refractivity contribution in [1.82, 2.24) is 0 Å². The van der Waals surface area contributed by atoms with Gasteiger partial charge in [-0.1, -0.05) is 11.5 Å². The highest BCUT2D eigenvalue weighted by Gasteiger charge is 2.13. The van der Waals surface area contributed by atoms with E-state index in [2.05, 4.69) is 0 Å². The van der Waals surface area contributed by atoms with Crippen LogP contribution in [0.3, 0.4) is 0 Å². The molecule has 3 nitrogen and oxygen atoms in total. The fourth-order valence-corrected chi connectivity index (χ4v) is 1.27. The smallest absolute Gasteiger partial charge is 0.335 e. The molecular weight excluding hydrogens is 149 g/mol. The molecule has 0 heterocycles. The van der Waals surface area contributed by atoms with Crippen LogP contribution in [0.5, 0.6) is 0 Å². The Balaban J connectivity index is 3.49. The normalized spacial score (nSPS) is 14.4. The van der Waals surface area contributed by atoms with Crippen LogP contribution < -0.4 is 5.73 Å². The molecular formula is C6H13NO2P+. The summed E-state index contributed by atoms with van der Waals surface area (Å²) in [5.41, 5.74) is 4.99. The number of primary amides is 1. The molecule has 0 rings (SSSR count). The van der Waals surface area contributed by atoms with E-state index in [4.69, 9.17) is 5.73 Å². The van der Waals surface area contributed by atoms with Gasteiger partial charge >= 0.3 is 7.80 Å². The number of hydrogen-bond donors (Lipinski definition) is 1. The summed E-state index contributed by atoms with van der Waals surface area (Å²) in [6, 6.07) is 0. The third-order valence-electron chi connectivity index (χ3n) is 1.36. The predicted molar refractivity (Wildman–Crippen MR) is 41.4 cm³/mol. The van der Waals surface area contributed by atoms with Gasteiger partial charge in [-0.3, -0.25) is 4.79 Å². The molecule has 1 amide bonds. The van der Waals surface area contributed by atoms with E-state index < -0.39 is 7.80 Å². The Bertz CT molecular complexity index is 147. The zero-order chi connectivity index (χ0) is 8.15. The Morgan fingerprint density at radius 1 is 1.70 bits per heavy atom. The Hall–Kier alpha value is -0.430. The molecule has 58 valence electrons. The average molecular weight is 162 g/mol. The number of carbonyl (C=O) groups is 1. The second-order valence-electron chi connectivity index (χ2n) is 2.44. The maximum atomic E-state index is 10.6. The minimum absolute atomic E-state index is 0.140. The second-order valence-corrected chi connectivity index (χ2v) is 4.15. The lowest BCUT2D eigenvalue weighted by Crippen LogP contribution is -2.20. The van der Waals surface area contributed by atoms with Gasteiger partial charge in [0.05, 0.1) is 0 Å². The topological polar surface area (TPSA) is 60.2 Å². The lowest BCUT2D eigenvalue weighted by Gasteiger charge is -1.99. The van der Waals surface area contributed by atoms with Crippen LogP contribution in [0.1, 0.15) is 13.3 Å². The Labute approximate surface area is 61.8 Å². The average Bonchev–Trinajstić information content (AvgIpc) is 1.82. The summed E-state index contributed by atoms with van der Waals surface area (Å²) in [5.74, 6) is -0.448. The fourth-order valence-electron chi connectivity index (χ4n) is 0.518. The Morgan fingerprint density at radius 2 is 2.20 bits per heavy atom. The monoisotopic (exact) mass is 162 g/mol. The van der Waals surface area contributed by atoms with Crippen LogP contribution in [0.15, 0.2) is 0 Å². The highest BCUT2D eigenvalue weighted by Crippen LogP contribution is 2.17. The summed E-state index contributed by atoms with van der Waals surface area (Å²) >= 11 is 0. The summed E-state index contributed by atoms with van der Waals surface area (Å²) in [6.07, 6.45) is 1.24. The number of rotatable bonds is 4. The summed E-state index contributed by atoms with van der Waals surface area (Å²) < 4.78 is 10.6. The first-order valence-corrected chi connectivity index (χ1v) is 5.11. The molecule has 10 heavy (non-hydrogen) atoms. The molecule has 4 heteroatoms. The Kier molecular flexibility index (Phi) is 4.21. The van der Waals surface area contributed by atoms with Gasteiger partial charge in [-0.2, -0.15) is 0 Å².